The Hall–Kier alpha value is -3.07. The molecule has 0 saturated carbocycles. The molecular weight excluding hydrogens is 360 g/mol. The molecule has 3 aromatic rings. The lowest BCUT2D eigenvalue weighted by Gasteiger charge is -2.09. The molecule has 3 heteroatoms. The summed E-state index contributed by atoms with van der Waals surface area (Å²) in [6.45, 7) is 4.92. The fourth-order valence-corrected chi connectivity index (χ4v) is 3.06. The summed E-state index contributed by atoms with van der Waals surface area (Å²) in [4.78, 5) is 12.5. The van der Waals surface area contributed by atoms with Crippen LogP contribution in [0.1, 0.15) is 48.5 Å². The lowest BCUT2D eigenvalue weighted by molar-refractivity contribution is 0.0734. The van der Waals surface area contributed by atoms with E-state index in [1.54, 1.807) is 12.1 Å². The Labute approximate surface area is 173 Å². The summed E-state index contributed by atoms with van der Waals surface area (Å²) >= 11 is 0. The molecule has 0 aliphatic rings. The number of aryl methyl sites for hydroxylation is 1. The maximum Gasteiger partial charge on any atom is 0.343 e. The lowest BCUT2D eigenvalue weighted by atomic mass is 10.0. The minimum absolute atomic E-state index is 0.385. The Bertz CT molecular complexity index is 911. The highest BCUT2D eigenvalue weighted by atomic mass is 16.5. The third kappa shape index (κ3) is 6.21. The number of rotatable bonds is 9. The summed E-state index contributed by atoms with van der Waals surface area (Å²) in [5, 5.41) is 0. The minimum Gasteiger partial charge on any atom is -0.494 e. The predicted molar refractivity (Wildman–Crippen MR) is 118 cm³/mol. The maximum absolute atomic E-state index is 12.5. The van der Waals surface area contributed by atoms with Crippen LogP contribution < -0.4 is 9.47 Å². The van der Waals surface area contributed by atoms with Gasteiger partial charge >= 0.3 is 5.97 Å². The number of unbranched alkanes of at least 4 members (excludes halogenated alkanes) is 3. The van der Waals surface area contributed by atoms with Gasteiger partial charge in [0.15, 0.2) is 0 Å². The van der Waals surface area contributed by atoms with Crippen LogP contribution in [-0.2, 0) is 0 Å². The van der Waals surface area contributed by atoms with Crippen LogP contribution in [0.25, 0.3) is 11.1 Å². The van der Waals surface area contributed by atoms with Gasteiger partial charge in [-0.25, -0.2) is 4.79 Å². The van der Waals surface area contributed by atoms with Crippen molar-refractivity contribution in [3.8, 4) is 22.6 Å². The van der Waals surface area contributed by atoms with Gasteiger partial charge < -0.3 is 9.47 Å². The molecule has 0 aromatic heterocycles. The molecule has 0 amide bonds. The number of esters is 1. The second-order valence-electron chi connectivity index (χ2n) is 7.22. The van der Waals surface area contributed by atoms with Crippen molar-refractivity contribution in [3.05, 3.63) is 83.9 Å². The average Bonchev–Trinajstić information content (AvgIpc) is 2.75. The zero-order valence-electron chi connectivity index (χ0n) is 17.2. The van der Waals surface area contributed by atoms with Gasteiger partial charge in [0, 0.05) is 0 Å². The molecule has 0 radical (unpaired) electrons. The first-order valence-corrected chi connectivity index (χ1v) is 10.3. The summed E-state index contributed by atoms with van der Waals surface area (Å²) in [5.41, 5.74) is 3.94. The van der Waals surface area contributed by atoms with E-state index in [1.807, 2.05) is 36.4 Å². The van der Waals surface area contributed by atoms with Gasteiger partial charge in [-0.15, -0.1) is 0 Å². The monoisotopic (exact) mass is 388 g/mol. The van der Waals surface area contributed by atoms with Crippen molar-refractivity contribution in [3.63, 3.8) is 0 Å². The molecule has 0 fully saturated rings. The highest BCUT2D eigenvalue weighted by molar-refractivity contribution is 5.91. The van der Waals surface area contributed by atoms with Gasteiger partial charge in [-0.1, -0.05) is 74.2 Å². The third-order valence-electron chi connectivity index (χ3n) is 4.79. The second kappa shape index (κ2) is 10.5. The van der Waals surface area contributed by atoms with Crippen LogP contribution in [0.3, 0.4) is 0 Å². The molecular formula is C26H28O3. The number of ether oxygens (including phenoxy) is 2. The van der Waals surface area contributed by atoms with Crippen LogP contribution >= 0.6 is 0 Å². The summed E-state index contributed by atoms with van der Waals surface area (Å²) in [5.74, 6) is 0.840. The molecule has 3 aromatic carbocycles. The minimum atomic E-state index is -0.385. The van der Waals surface area contributed by atoms with Gasteiger partial charge in [-0.3, -0.25) is 0 Å². The topological polar surface area (TPSA) is 35.5 Å². The molecule has 0 aliphatic heterocycles. The molecule has 0 heterocycles. The van der Waals surface area contributed by atoms with Crippen molar-refractivity contribution in [1.29, 1.82) is 0 Å². The number of benzene rings is 3. The van der Waals surface area contributed by atoms with Gasteiger partial charge in [-0.05, 0) is 54.8 Å². The van der Waals surface area contributed by atoms with E-state index < -0.39 is 0 Å². The smallest absolute Gasteiger partial charge is 0.343 e. The molecule has 0 saturated heterocycles. The highest BCUT2D eigenvalue weighted by Gasteiger charge is 2.10. The van der Waals surface area contributed by atoms with E-state index in [1.165, 1.54) is 18.4 Å². The fraction of sp³-hybridized carbons (Fsp3) is 0.269. The summed E-state index contributed by atoms with van der Waals surface area (Å²) in [6.07, 6.45) is 4.61. The molecule has 0 unspecified atom stereocenters. The van der Waals surface area contributed by atoms with Crippen molar-refractivity contribution in [2.75, 3.05) is 6.61 Å². The van der Waals surface area contributed by atoms with Crippen LogP contribution in [0.2, 0.25) is 0 Å². The first kappa shape index (κ1) is 20.7. The van der Waals surface area contributed by atoms with E-state index in [0.717, 1.165) is 24.0 Å². The Morgan fingerprint density at radius 1 is 0.793 bits per heavy atom. The van der Waals surface area contributed by atoms with Gasteiger partial charge in [-0.2, -0.15) is 0 Å². The van der Waals surface area contributed by atoms with Crippen molar-refractivity contribution in [1.82, 2.24) is 0 Å². The Morgan fingerprint density at radius 3 is 2.17 bits per heavy atom. The molecule has 0 atom stereocenters. The summed E-state index contributed by atoms with van der Waals surface area (Å²) in [6, 6.07) is 23.1. The standard InChI is InChI=1S/C26H28O3/c1-3-4-5-6-18-28-25-9-7-8-23(19-25)26(27)29-24-16-14-22(15-17-24)21-12-10-20(2)11-13-21/h7-17,19H,3-6,18H2,1-2H3. The van der Waals surface area contributed by atoms with Crippen LogP contribution in [0.15, 0.2) is 72.8 Å². The quantitative estimate of drug-likeness (QED) is 0.229. The lowest BCUT2D eigenvalue weighted by Crippen LogP contribution is -2.08. The normalized spacial score (nSPS) is 10.6. The third-order valence-corrected chi connectivity index (χ3v) is 4.79. The van der Waals surface area contributed by atoms with Crippen molar-refractivity contribution < 1.29 is 14.3 Å². The van der Waals surface area contributed by atoms with E-state index in [9.17, 15) is 4.79 Å². The van der Waals surface area contributed by atoms with Crippen molar-refractivity contribution >= 4 is 5.97 Å². The molecule has 3 rings (SSSR count). The molecule has 29 heavy (non-hydrogen) atoms. The van der Waals surface area contributed by atoms with E-state index in [-0.39, 0.29) is 5.97 Å². The largest absolute Gasteiger partial charge is 0.494 e. The van der Waals surface area contributed by atoms with Gasteiger partial charge in [0.1, 0.15) is 11.5 Å². The number of hydrogen-bond donors (Lipinski definition) is 0. The second-order valence-corrected chi connectivity index (χ2v) is 7.22. The maximum atomic E-state index is 12.5. The van der Waals surface area contributed by atoms with Crippen molar-refractivity contribution in [2.45, 2.75) is 39.5 Å². The molecule has 0 aliphatic carbocycles. The average molecular weight is 389 g/mol. The van der Waals surface area contributed by atoms with E-state index in [0.29, 0.717) is 23.7 Å². The molecule has 150 valence electrons. The van der Waals surface area contributed by atoms with Gasteiger partial charge in [0.2, 0.25) is 0 Å². The first-order chi connectivity index (χ1) is 14.2. The SMILES string of the molecule is CCCCCCOc1cccc(C(=O)Oc2ccc(-c3ccc(C)cc3)cc2)c1. The number of hydrogen-bond acceptors (Lipinski definition) is 3. The molecule has 0 spiro atoms. The first-order valence-electron chi connectivity index (χ1n) is 10.3. The van der Waals surface area contributed by atoms with E-state index in [2.05, 4.69) is 38.1 Å². The van der Waals surface area contributed by atoms with E-state index >= 15 is 0 Å². The van der Waals surface area contributed by atoms with Crippen molar-refractivity contribution in [2.24, 2.45) is 0 Å². The Balaban J connectivity index is 1.58. The van der Waals surface area contributed by atoms with Gasteiger partial charge in [0.05, 0.1) is 12.2 Å². The van der Waals surface area contributed by atoms with Gasteiger partial charge in [0.25, 0.3) is 0 Å². The van der Waals surface area contributed by atoms with Crippen LogP contribution in [-0.4, -0.2) is 12.6 Å². The molecule has 0 N–H and O–H groups in total. The van der Waals surface area contributed by atoms with E-state index in [4.69, 9.17) is 9.47 Å². The molecule has 0 bridgehead atoms. The van der Waals surface area contributed by atoms with Crippen LogP contribution in [0.5, 0.6) is 11.5 Å². The number of carbonyl (C=O) groups is 1. The Morgan fingerprint density at radius 2 is 1.48 bits per heavy atom. The zero-order chi connectivity index (χ0) is 20.5. The summed E-state index contributed by atoms with van der Waals surface area (Å²) < 4.78 is 11.3. The molecule has 3 nitrogen and oxygen atoms in total. The highest BCUT2D eigenvalue weighted by Crippen LogP contribution is 2.24. The summed E-state index contributed by atoms with van der Waals surface area (Å²) in [7, 11) is 0. The van der Waals surface area contributed by atoms with Crippen LogP contribution in [0, 0.1) is 6.92 Å². The Kier molecular flexibility index (Phi) is 7.46. The fourth-order valence-electron chi connectivity index (χ4n) is 3.06. The predicted octanol–water partition coefficient (Wildman–Crippen LogP) is 6.84. The van der Waals surface area contributed by atoms with Crippen LogP contribution in [0.4, 0.5) is 0 Å². The number of carbonyl (C=O) groups excluding carboxylic acids is 1. The zero-order valence-corrected chi connectivity index (χ0v) is 17.2.